The number of aromatic nitrogens is 3. The van der Waals surface area contributed by atoms with E-state index in [1.807, 2.05) is 0 Å². The van der Waals surface area contributed by atoms with Gasteiger partial charge in [0, 0.05) is 19.6 Å². The van der Waals surface area contributed by atoms with Crippen LogP contribution in [0.25, 0.3) is 0 Å². The van der Waals surface area contributed by atoms with Gasteiger partial charge >= 0.3 is 17.9 Å². The van der Waals surface area contributed by atoms with Crippen molar-refractivity contribution in [2.75, 3.05) is 6.54 Å². The smallest absolute Gasteiger partial charge is 0.336 e. The Morgan fingerprint density at radius 1 is 1.36 bits per heavy atom. The molecule has 1 saturated carbocycles. The van der Waals surface area contributed by atoms with Crippen LogP contribution in [0.15, 0.2) is 4.79 Å². The largest absolute Gasteiger partial charge is 0.451 e. The molecular formula is C12H18F3N5O2. The number of carbonyl (C=O) groups is 1. The molecule has 0 saturated heterocycles. The van der Waals surface area contributed by atoms with E-state index in [1.165, 1.54) is 0 Å². The Bertz CT molecular complexity index is 587. The van der Waals surface area contributed by atoms with Gasteiger partial charge in [-0.15, -0.1) is 5.10 Å². The molecule has 124 valence electrons. The van der Waals surface area contributed by atoms with Gasteiger partial charge < -0.3 is 10.6 Å². The average molecular weight is 321 g/mol. The topological polar surface area (TPSA) is 81.0 Å². The summed E-state index contributed by atoms with van der Waals surface area (Å²) in [5.74, 6) is -1.26. The van der Waals surface area contributed by atoms with Crippen molar-refractivity contribution in [2.45, 2.75) is 44.4 Å². The summed E-state index contributed by atoms with van der Waals surface area (Å²) in [5, 5.41) is 8.54. The molecule has 22 heavy (non-hydrogen) atoms. The second-order valence-electron chi connectivity index (χ2n) is 5.27. The van der Waals surface area contributed by atoms with Crippen molar-refractivity contribution in [3.63, 3.8) is 0 Å². The summed E-state index contributed by atoms with van der Waals surface area (Å²) >= 11 is 0. The molecule has 2 rings (SSSR count). The minimum Gasteiger partial charge on any atom is -0.336 e. The predicted octanol–water partition coefficient (Wildman–Crippen LogP) is 0.842. The van der Waals surface area contributed by atoms with E-state index in [-0.39, 0.29) is 25.2 Å². The molecule has 1 aliphatic carbocycles. The van der Waals surface area contributed by atoms with Gasteiger partial charge in [-0.1, -0.05) is 12.8 Å². The van der Waals surface area contributed by atoms with E-state index in [1.54, 1.807) is 0 Å². The summed E-state index contributed by atoms with van der Waals surface area (Å²) in [4.78, 5) is 23.2. The maximum Gasteiger partial charge on any atom is 0.451 e. The molecule has 1 fully saturated rings. The first-order chi connectivity index (χ1) is 10.3. The van der Waals surface area contributed by atoms with Gasteiger partial charge in [-0.3, -0.25) is 4.57 Å². The monoisotopic (exact) mass is 321 g/mol. The number of hydrogen-bond acceptors (Lipinski definition) is 3. The number of nitrogens with zero attached hydrogens (tertiary/aromatic N) is 3. The van der Waals surface area contributed by atoms with Crippen molar-refractivity contribution in [3.8, 4) is 0 Å². The number of rotatable bonds is 4. The van der Waals surface area contributed by atoms with Crippen molar-refractivity contribution < 1.29 is 18.0 Å². The molecule has 1 aliphatic rings. The fourth-order valence-electron chi connectivity index (χ4n) is 2.46. The second kappa shape index (κ2) is 6.41. The highest BCUT2D eigenvalue weighted by Gasteiger charge is 2.37. The number of amides is 2. The molecular weight excluding hydrogens is 303 g/mol. The maximum atomic E-state index is 12.6. The van der Waals surface area contributed by atoms with Crippen LogP contribution in [0.4, 0.5) is 18.0 Å². The molecule has 0 aliphatic heterocycles. The van der Waals surface area contributed by atoms with Crippen molar-refractivity contribution in [1.82, 2.24) is 25.0 Å². The Morgan fingerprint density at radius 2 is 2.00 bits per heavy atom. The lowest BCUT2D eigenvalue weighted by Gasteiger charge is -2.12. The molecule has 0 bridgehead atoms. The second-order valence-corrected chi connectivity index (χ2v) is 5.27. The van der Waals surface area contributed by atoms with E-state index in [2.05, 4.69) is 15.7 Å². The molecule has 0 aromatic carbocycles. The summed E-state index contributed by atoms with van der Waals surface area (Å²) in [6.07, 6.45) is -0.667. The van der Waals surface area contributed by atoms with Gasteiger partial charge in [0.15, 0.2) is 0 Å². The van der Waals surface area contributed by atoms with E-state index in [4.69, 9.17) is 0 Å². The first kappa shape index (κ1) is 16.4. The molecule has 0 unspecified atom stereocenters. The minimum absolute atomic E-state index is 0.0206. The third kappa shape index (κ3) is 3.80. The van der Waals surface area contributed by atoms with Gasteiger partial charge in [0.05, 0.1) is 6.54 Å². The van der Waals surface area contributed by atoms with Gasteiger partial charge in [-0.2, -0.15) is 13.2 Å². The number of halogens is 3. The fraction of sp³-hybridized carbons (Fsp3) is 0.750. The molecule has 0 atom stereocenters. The Kier molecular flexibility index (Phi) is 4.77. The average Bonchev–Trinajstić information content (AvgIpc) is 3.01. The van der Waals surface area contributed by atoms with Gasteiger partial charge in [-0.25, -0.2) is 14.3 Å². The number of hydrogen-bond donors (Lipinski definition) is 2. The van der Waals surface area contributed by atoms with Crippen molar-refractivity contribution >= 4 is 6.03 Å². The van der Waals surface area contributed by atoms with Crippen molar-refractivity contribution in [2.24, 2.45) is 7.05 Å². The van der Waals surface area contributed by atoms with Crippen LogP contribution in [0.2, 0.25) is 0 Å². The molecule has 2 amide bonds. The van der Waals surface area contributed by atoms with Crippen LogP contribution in [-0.4, -0.2) is 33.0 Å². The van der Waals surface area contributed by atoms with E-state index in [9.17, 15) is 22.8 Å². The molecule has 7 nitrogen and oxygen atoms in total. The number of carbonyl (C=O) groups excluding carboxylic acids is 1. The van der Waals surface area contributed by atoms with Crippen molar-refractivity contribution in [3.05, 3.63) is 16.3 Å². The lowest BCUT2D eigenvalue weighted by Crippen LogP contribution is -2.42. The molecule has 1 aromatic heterocycles. The zero-order valence-corrected chi connectivity index (χ0v) is 12.1. The highest BCUT2D eigenvalue weighted by Crippen LogP contribution is 2.25. The van der Waals surface area contributed by atoms with Gasteiger partial charge in [0.25, 0.3) is 0 Å². The molecule has 1 heterocycles. The van der Waals surface area contributed by atoms with Crippen LogP contribution < -0.4 is 16.3 Å². The molecule has 2 N–H and O–H groups in total. The fourth-order valence-corrected chi connectivity index (χ4v) is 2.46. The van der Waals surface area contributed by atoms with Gasteiger partial charge in [0.1, 0.15) is 0 Å². The van der Waals surface area contributed by atoms with E-state index >= 15 is 0 Å². The Hall–Kier alpha value is -2.00. The van der Waals surface area contributed by atoms with Gasteiger partial charge in [-0.05, 0) is 12.8 Å². The Morgan fingerprint density at radius 3 is 2.55 bits per heavy atom. The van der Waals surface area contributed by atoms with Gasteiger partial charge in [0.2, 0.25) is 5.82 Å². The van der Waals surface area contributed by atoms with E-state index in [0.717, 1.165) is 32.7 Å². The summed E-state index contributed by atoms with van der Waals surface area (Å²) in [6.45, 7) is -0.104. The van der Waals surface area contributed by atoms with Crippen LogP contribution in [0, 0.1) is 0 Å². The molecule has 0 spiro atoms. The zero-order valence-electron chi connectivity index (χ0n) is 12.1. The molecule has 10 heteroatoms. The minimum atomic E-state index is -4.69. The normalized spacial score (nSPS) is 16.0. The van der Waals surface area contributed by atoms with Crippen LogP contribution in [-0.2, 0) is 19.8 Å². The summed E-state index contributed by atoms with van der Waals surface area (Å²) in [7, 11) is 1.01. The third-order valence-corrected chi connectivity index (χ3v) is 3.59. The van der Waals surface area contributed by atoms with Crippen molar-refractivity contribution in [1.29, 1.82) is 0 Å². The quantitative estimate of drug-likeness (QED) is 0.862. The summed E-state index contributed by atoms with van der Waals surface area (Å²) in [5.41, 5.74) is -0.870. The highest BCUT2D eigenvalue weighted by molar-refractivity contribution is 5.74. The number of alkyl halides is 3. The van der Waals surface area contributed by atoms with E-state index < -0.39 is 17.7 Å². The lowest BCUT2D eigenvalue weighted by atomic mass is 10.2. The van der Waals surface area contributed by atoms with Crippen LogP contribution in [0.5, 0.6) is 0 Å². The Balaban J connectivity index is 1.86. The Labute approximate surface area is 124 Å². The molecule has 0 radical (unpaired) electrons. The van der Waals surface area contributed by atoms with E-state index in [0.29, 0.717) is 9.25 Å². The zero-order chi connectivity index (χ0) is 16.3. The maximum absolute atomic E-state index is 12.6. The van der Waals surface area contributed by atoms with Crippen LogP contribution in [0.3, 0.4) is 0 Å². The highest BCUT2D eigenvalue weighted by atomic mass is 19.4. The number of nitrogens with one attached hydrogen (secondary N) is 2. The molecule has 1 aromatic rings. The third-order valence-electron chi connectivity index (χ3n) is 3.59. The lowest BCUT2D eigenvalue weighted by molar-refractivity contribution is -0.147. The summed E-state index contributed by atoms with van der Waals surface area (Å²) in [6, 6.07) is -0.235. The first-order valence-electron chi connectivity index (χ1n) is 7.04. The predicted molar refractivity (Wildman–Crippen MR) is 71.3 cm³/mol. The van der Waals surface area contributed by atoms with Crippen LogP contribution in [0.1, 0.15) is 31.5 Å². The SMILES string of the molecule is Cn1c(C(F)(F)F)nn(CCNC(=O)NC2CCCC2)c1=O. The number of urea groups is 1. The van der Waals surface area contributed by atoms with Crippen LogP contribution >= 0.6 is 0 Å². The first-order valence-corrected chi connectivity index (χ1v) is 7.04. The standard InChI is InChI=1S/C12H18F3N5O2/c1-19-9(12(13,14)15)18-20(11(19)22)7-6-16-10(21)17-8-4-2-3-5-8/h8H,2-7H2,1H3,(H2,16,17,21). The summed E-state index contributed by atoms with van der Waals surface area (Å²) < 4.78 is 38.9.